The molecule has 0 bridgehead atoms. The van der Waals surface area contributed by atoms with Crippen molar-refractivity contribution in [3.05, 3.63) is 71.8 Å². The first-order valence-corrected chi connectivity index (χ1v) is 11.0. The van der Waals surface area contributed by atoms with E-state index in [0.717, 1.165) is 47.0 Å². The third kappa shape index (κ3) is 4.37. The molecule has 4 rings (SSSR count). The van der Waals surface area contributed by atoms with Gasteiger partial charge >= 0.3 is 0 Å². The molecule has 0 spiro atoms. The minimum absolute atomic E-state index is 0.0305. The largest absolute Gasteiger partial charge is 0.493 e. The Morgan fingerprint density at radius 3 is 2.61 bits per heavy atom. The molecule has 1 atom stereocenters. The number of unbranched alkanes of at least 4 members (excludes halogenated alkanes) is 1. The van der Waals surface area contributed by atoms with E-state index >= 15 is 0 Å². The van der Waals surface area contributed by atoms with Crippen LogP contribution in [-0.4, -0.2) is 37.7 Å². The predicted molar refractivity (Wildman–Crippen MR) is 125 cm³/mol. The molecule has 5 heteroatoms. The van der Waals surface area contributed by atoms with Crippen LogP contribution in [0.5, 0.6) is 5.75 Å². The van der Waals surface area contributed by atoms with Crippen molar-refractivity contribution in [2.24, 2.45) is 0 Å². The highest BCUT2D eigenvalue weighted by Gasteiger charge is 2.35. The summed E-state index contributed by atoms with van der Waals surface area (Å²) in [5, 5.41) is 5.85. The van der Waals surface area contributed by atoms with Crippen LogP contribution in [0.1, 0.15) is 48.3 Å². The number of para-hydroxylation sites is 1. The molecule has 1 unspecified atom stereocenters. The number of anilines is 1. The van der Waals surface area contributed by atoms with Crippen molar-refractivity contribution in [3.63, 3.8) is 0 Å². The van der Waals surface area contributed by atoms with Gasteiger partial charge in [0.2, 0.25) is 0 Å². The molecule has 1 aliphatic heterocycles. The highest BCUT2D eigenvalue weighted by atomic mass is 16.5. The summed E-state index contributed by atoms with van der Waals surface area (Å²) < 4.78 is 11.5. The van der Waals surface area contributed by atoms with Gasteiger partial charge in [-0.3, -0.25) is 4.79 Å². The van der Waals surface area contributed by atoms with E-state index in [1.165, 1.54) is 0 Å². The van der Waals surface area contributed by atoms with Crippen molar-refractivity contribution in [2.45, 2.75) is 32.4 Å². The Kier molecular flexibility index (Phi) is 6.73. The fraction of sp³-hybridized carbons (Fsp3) is 0.346. The first-order valence-electron chi connectivity index (χ1n) is 11.0. The van der Waals surface area contributed by atoms with E-state index < -0.39 is 0 Å². The van der Waals surface area contributed by atoms with Crippen LogP contribution in [0.25, 0.3) is 10.8 Å². The van der Waals surface area contributed by atoms with E-state index in [0.29, 0.717) is 25.3 Å². The number of nitrogens with one attached hydrogen (secondary N) is 1. The van der Waals surface area contributed by atoms with Crippen molar-refractivity contribution < 1.29 is 14.3 Å². The van der Waals surface area contributed by atoms with Crippen molar-refractivity contribution in [3.8, 4) is 5.75 Å². The van der Waals surface area contributed by atoms with E-state index in [2.05, 4.69) is 30.4 Å². The molecular formula is C26H30N2O3. The third-order valence-corrected chi connectivity index (χ3v) is 5.73. The monoisotopic (exact) mass is 418 g/mol. The molecule has 0 aromatic heterocycles. The lowest BCUT2D eigenvalue weighted by molar-refractivity contribution is 0.0659. The summed E-state index contributed by atoms with van der Waals surface area (Å²) in [4.78, 5) is 15.4. The molecule has 0 fully saturated rings. The van der Waals surface area contributed by atoms with Gasteiger partial charge in [-0.15, -0.1) is 0 Å². The zero-order chi connectivity index (χ0) is 21.6. The van der Waals surface area contributed by atoms with Crippen LogP contribution in [0, 0.1) is 0 Å². The van der Waals surface area contributed by atoms with Crippen molar-refractivity contribution in [1.82, 2.24) is 4.90 Å². The molecule has 0 aliphatic carbocycles. The molecule has 0 saturated carbocycles. The van der Waals surface area contributed by atoms with Crippen LogP contribution in [0.3, 0.4) is 0 Å². The van der Waals surface area contributed by atoms with Gasteiger partial charge in [-0.2, -0.15) is 0 Å². The highest BCUT2D eigenvalue weighted by molar-refractivity contribution is 6.02. The van der Waals surface area contributed by atoms with Gasteiger partial charge in [-0.25, -0.2) is 0 Å². The molecule has 5 nitrogen and oxygen atoms in total. The van der Waals surface area contributed by atoms with Crippen molar-refractivity contribution in [2.75, 3.05) is 32.2 Å². The van der Waals surface area contributed by atoms with E-state index in [-0.39, 0.29) is 12.1 Å². The van der Waals surface area contributed by atoms with E-state index in [9.17, 15) is 4.79 Å². The average molecular weight is 419 g/mol. The van der Waals surface area contributed by atoms with Crippen LogP contribution in [0.15, 0.2) is 60.7 Å². The molecule has 0 saturated heterocycles. The summed E-state index contributed by atoms with van der Waals surface area (Å²) in [6, 6.07) is 20.1. The number of rotatable bonds is 9. The van der Waals surface area contributed by atoms with Gasteiger partial charge in [0.05, 0.1) is 12.2 Å². The lowest BCUT2D eigenvalue weighted by atomic mass is 9.97. The van der Waals surface area contributed by atoms with Crippen LogP contribution in [0.2, 0.25) is 0 Å². The maximum Gasteiger partial charge on any atom is 0.257 e. The zero-order valence-corrected chi connectivity index (χ0v) is 18.3. The van der Waals surface area contributed by atoms with Crippen LogP contribution >= 0.6 is 0 Å². The van der Waals surface area contributed by atoms with Crippen LogP contribution in [-0.2, 0) is 4.74 Å². The fourth-order valence-corrected chi connectivity index (χ4v) is 4.14. The smallest absolute Gasteiger partial charge is 0.257 e. The van der Waals surface area contributed by atoms with E-state index in [1.807, 2.05) is 47.4 Å². The Balaban J connectivity index is 1.82. The predicted octanol–water partition coefficient (Wildman–Crippen LogP) is 5.62. The van der Waals surface area contributed by atoms with Crippen LogP contribution < -0.4 is 10.1 Å². The zero-order valence-electron chi connectivity index (χ0n) is 18.3. The molecular weight excluding hydrogens is 388 g/mol. The third-order valence-electron chi connectivity index (χ3n) is 5.73. The Bertz CT molecular complexity index is 1050. The summed E-state index contributed by atoms with van der Waals surface area (Å²) in [7, 11) is 1.69. The Morgan fingerprint density at radius 1 is 0.968 bits per heavy atom. The van der Waals surface area contributed by atoms with Gasteiger partial charge in [-0.1, -0.05) is 55.8 Å². The molecule has 1 aliphatic rings. The van der Waals surface area contributed by atoms with Gasteiger partial charge in [0, 0.05) is 31.5 Å². The second kappa shape index (κ2) is 9.84. The summed E-state index contributed by atoms with van der Waals surface area (Å²) in [6.07, 6.45) is 2.50. The number of hydrogen-bond donors (Lipinski definition) is 1. The molecule has 3 aromatic carbocycles. The minimum Gasteiger partial charge on any atom is -0.493 e. The van der Waals surface area contributed by atoms with Gasteiger partial charge in [0.1, 0.15) is 11.9 Å². The van der Waals surface area contributed by atoms with Gasteiger partial charge in [0.15, 0.2) is 0 Å². The summed E-state index contributed by atoms with van der Waals surface area (Å²) in [5.74, 6) is 0.858. The van der Waals surface area contributed by atoms with Gasteiger partial charge in [0.25, 0.3) is 5.91 Å². The lowest BCUT2D eigenvalue weighted by Crippen LogP contribution is -2.44. The topological polar surface area (TPSA) is 50.8 Å². The second-order valence-corrected chi connectivity index (χ2v) is 7.84. The Morgan fingerprint density at radius 2 is 1.77 bits per heavy atom. The SMILES string of the molecule is CCCCOc1ccc2ccccc2c1C1Nc2ccccc2C(=O)N1CCCOC. The van der Waals surface area contributed by atoms with Crippen LogP contribution in [0.4, 0.5) is 5.69 Å². The number of methoxy groups -OCH3 is 1. The second-order valence-electron chi connectivity index (χ2n) is 7.84. The number of hydrogen-bond acceptors (Lipinski definition) is 4. The fourth-order valence-electron chi connectivity index (χ4n) is 4.14. The quantitative estimate of drug-likeness (QED) is 0.458. The number of carbonyl (C=O) groups is 1. The van der Waals surface area contributed by atoms with Gasteiger partial charge < -0.3 is 19.7 Å². The van der Waals surface area contributed by atoms with E-state index in [1.54, 1.807) is 7.11 Å². The molecule has 3 aromatic rings. The number of benzene rings is 3. The first-order chi connectivity index (χ1) is 15.2. The number of fused-ring (bicyclic) bond motifs is 2. The summed E-state index contributed by atoms with van der Waals surface area (Å²) >= 11 is 0. The number of ether oxygens (including phenoxy) is 2. The highest BCUT2D eigenvalue weighted by Crippen LogP contribution is 2.40. The lowest BCUT2D eigenvalue weighted by Gasteiger charge is -2.39. The molecule has 162 valence electrons. The normalized spacial score (nSPS) is 15.6. The number of nitrogens with zero attached hydrogens (tertiary/aromatic N) is 1. The van der Waals surface area contributed by atoms with Crippen molar-refractivity contribution in [1.29, 1.82) is 0 Å². The molecule has 1 N–H and O–H groups in total. The first kappa shape index (κ1) is 21.2. The minimum atomic E-state index is -0.318. The van der Waals surface area contributed by atoms with E-state index in [4.69, 9.17) is 9.47 Å². The molecule has 0 radical (unpaired) electrons. The average Bonchev–Trinajstić information content (AvgIpc) is 2.80. The van der Waals surface area contributed by atoms with Gasteiger partial charge in [-0.05, 0) is 41.8 Å². The standard InChI is InChI=1S/C26H30N2O3/c1-3-4-18-31-23-15-14-19-10-5-6-11-20(19)24(23)25-27-22-13-8-7-12-21(22)26(29)28(25)16-9-17-30-2/h5-8,10-15,25,27H,3-4,9,16-18H2,1-2H3. The van der Waals surface area contributed by atoms with Crippen molar-refractivity contribution >= 4 is 22.4 Å². The maximum atomic E-state index is 13.5. The Labute approximate surface area is 184 Å². The Hall–Kier alpha value is -3.05. The molecule has 1 heterocycles. The molecule has 1 amide bonds. The summed E-state index contributed by atoms with van der Waals surface area (Å²) in [6.45, 7) is 4.01. The number of carbonyl (C=O) groups excluding carboxylic acids is 1. The molecule has 31 heavy (non-hydrogen) atoms. The number of amides is 1. The maximum absolute atomic E-state index is 13.5. The summed E-state index contributed by atoms with van der Waals surface area (Å²) in [5.41, 5.74) is 2.56.